The zero-order valence-corrected chi connectivity index (χ0v) is 11.2. The molecule has 0 unspecified atom stereocenters. The molecule has 2 atom stereocenters. The van der Waals surface area contributed by atoms with E-state index in [0.717, 1.165) is 0 Å². The third-order valence-corrected chi connectivity index (χ3v) is 3.13. The third kappa shape index (κ3) is 3.07. The number of hydrogen-bond donors (Lipinski definition) is 0. The summed E-state index contributed by atoms with van der Waals surface area (Å²) in [4.78, 5) is 22.8. The molecule has 1 aromatic carbocycles. The molecular formula is C14H15FO5. The van der Waals surface area contributed by atoms with Gasteiger partial charge < -0.3 is 14.2 Å². The van der Waals surface area contributed by atoms with E-state index in [1.54, 1.807) is 6.92 Å². The fourth-order valence-electron chi connectivity index (χ4n) is 2.10. The maximum absolute atomic E-state index is 13.3. The van der Waals surface area contributed by atoms with Gasteiger partial charge in [-0.25, -0.2) is 9.18 Å². The number of halogens is 1. The van der Waals surface area contributed by atoms with Gasteiger partial charge in [-0.05, 0) is 31.5 Å². The van der Waals surface area contributed by atoms with Gasteiger partial charge in [-0.1, -0.05) is 0 Å². The van der Waals surface area contributed by atoms with Crippen LogP contribution in [0.15, 0.2) is 18.2 Å². The van der Waals surface area contributed by atoms with Crippen LogP contribution in [0.1, 0.15) is 24.8 Å². The van der Waals surface area contributed by atoms with Crippen LogP contribution in [-0.2, 0) is 14.3 Å². The van der Waals surface area contributed by atoms with Gasteiger partial charge in [-0.3, -0.25) is 4.79 Å². The van der Waals surface area contributed by atoms with Gasteiger partial charge in [-0.2, -0.15) is 0 Å². The number of carbonyl (C=O) groups is 2. The van der Waals surface area contributed by atoms with Crippen molar-refractivity contribution in [2.75, 3.05) is 13.7 Å². The third-order valence-electron chi connectivity index (χ3n) is 3.13. The largest absolute Gasteiger partial charge is 0.516 e. The van der Waals surface area contributed by atoms with Crippen molar-refractivity contribution in [3.05, 3.63) is 29.6 Å². The van der Waals surface area contributed by atoms with E-state index in [2.05, 4.69) is 9.47 Å². The summed E-state index contributed by atoms with van der Waals surface area (Å²) < 4.78 is 27.5. The summed E-state index contributed by atoms with van der Waals surface area (Å²) in [5.41, 5.74) is 0.610. The van der Waals surface area contributed by atoms with Crippen molar-refractivity contribution < 1.29 is 28.2 Å². The smallest absolute Gasteiger partial charge is 0.496 e. The van der Waals surface area contributed by atoms with Crippen molar-refractivity contribution in [2.45, 2.75) is 19.3 Å². The van der Waals surface area contributed by atoms with Crippen molar-refractivity contribution in [2.24, 2.45) is 5.92 Å². The molecule has 1 aromatic rings. The standard InChI is InChI=1S/C14H15FO5/c1-3-19-14(17)20-13(16)11-7-9(11)10-6-8(15)4-5-12(10)18-2/h4-6,9,11H,3,7H2,1-2H3/t9-,11-/m0/s1. The Bertz CT molecular complexity index is 528. The Morgan fingerprint density at radius 2 is 2.15 bits per heavy atom. The molecular weight excluding hydrogens is 267 g/mol. The Kier molecular flexibility index (Phi) is 4.22. The van der Waals surface area contributed by atoms with Crippen molar-refractivity contribution in [3.8, 4) is 5.75 Å². The summed E-state index contributed by atoms with van der Waals surface area (Å²) in [6.07, 6.45) is -0.507. The highest BCUT2D eigenvalue weighted by atomic mass is 19.1. The second kappa shape index (κ2) is 5.90. The summed E-state index contributed by atoms with van der Waals surface area (Å²) in [6.45, 7) is 1.75. The van der Waals surface area contributed by atoms with Gasteiger partial charge in [0.25, 0.3) is 0 Å². The van der Waals surface area contributed by atoms with Gasteiger partial charge in [0.15, 0.2) is 0 Å². The first-order valence-corrected chi connectivity index (χ1v) is 6.28. The summed E-state index contributed by atoms with van der Waals surface area (Å²) in [7, 11) is 1.48. The van der Waals surface area contributed by atoms with Crippen LogP contribution in [0.25, 0.3) is 0 Å². The van der Waals surface area contributed by atoms with E-state index in [9.17, 15) is 14.0 Å². The predicted octanol–water partition coefficient (Wildman–Crippen LogP) is 2.64. The molecule has 0 heterocycles. The van der Waals surface area contributed by atoms with Gasteiger partial charge in [-0.15, -0.1) is 0 Å². The maximum Gasteiger partial charge on any atom is 0.516 e. The monoisotopic (exact) mass is 282 g/mol. The molecule has 20 heavy (non-hydrogen) atoms. The van der Waals surface area contributed by atoms with Gasteiger partial charge in [0.05, 0.1) is 19.6 Å². The summed E-state index contributed by atoms with van der Waals surface area (Å²) >= 11 is 0. The maximum atomic E-state index is 13.3. The number of carbonyl (C=O) groups excluding carboxylic acids is 2. The first-order chi connectivity index (χ1) is 9.56. The number of rotatable bonds is 4. The first-order valence-electron chi connectivity index (χ1n) is 6.28. The fraction of sp³-hybridized carbons (Fsp3) is 0.429. The van der Waals surface area contributed by atoms with Gasteiger partial charge >= 0.3 is 12.1 Å². The molecule has 108 valence electrons. The van der Waals surface area contributed by atoms with Crippen molar-refractivity contribution in [1.82, 2.24) is 0 Å². The van der Waals surface area contributed by atoms with E-state index in [1.807, 2.05) is 0 Å². The normalized spacial score (nSPS) is 20.1. The van der Waals surface area contributed by atoms with Crippen LogP contribution in [0.4, 0.5) is 9.18 Å². The molecule has 1 saturated carbocycles. The van der Waals surface area contributed by atoms with E-state index < -0.39 is 23.9 Å². The molecule has 0 amide bonds. The zero-order chi connectivity index (χ0) is 14.7. The molecule has 0 bridgehead atoms. The zero-order valence-electron chi connectivity index (χ0n) is 11.2. The molecule has 5 nitrogen and oxygen atoms in total. The lowest BCUT2D eigenvalue weighted by atomic mass is 10.1. The SMILES string of the molecule is CCOC(=O)OC(=O)[C@H]1C[C@H]1c1cc(F)ccc1OC. The van der Waals surface area contributed by atoms with Gasteiger partial charge in [0, 0.05) is 11.5 Å². The lowest BCUT2D eigenvalue weighted by molar-refractivity contribution is -0.141. The minimum absolute atomic E-state index is 0.137. The molecule has 0 N–H and O–H groups in total. The number of ether oxygens (including phenoxy) is 3. The first kappa shape index (κ1) is 14.3. The Morgan fingerprint density at radius 3 is 2.80 bits per heavy atom. The Balaban J connectivity index is 2.02. The van der Waals surface area contributed by atoms with E-state index in [4.69, 9.17) is 4.74 Å². The number of hydrogen-bond acceptors (Lipinski definition) is 5. The molecule has 0 aliphatic heterocycles. The van der Waals surface area contributed by atoms with Crippen molar-refractivity contribution in [1.29, 1.82) is 0 Å². The minimum Gasteiger partial charge on any atom is -0.496 e. The Morgan fingerprint density at radius 1 is 1.40 bits per heavy atom. The Labute approximate surface area is 115 Å². The van der Waals surface area contributed by atoms with E-state index in [-0.39, 0.29) is 12.5 Å². The molecule has 1 fully saturated rings. The predicted molar refractivity (Wildman–Crippen MR) is 66.9 cm³/mol. The molecule has 2 rings (SSSR count). The molecule has 6 heteroatoms. The molecule has 0 saturated heterocycles. The van der Waals surface area contributed by atoms with Crippen LogP contribution < -0.4 is 4.74 Å². The second-order valence-electron chi connectivity index (χ2n) is 4.44. The van der Waals surface area contributed by atoms with Crippen molar-refractivity contribution in [3.63, 3.8) is 0 Å². The van der Waals surface area contributed by atoms with Crippen molar-refractivity contribution >= 4 is 12.1 Å². The number of benzene rings is 1. The van der Waals surface area contributed by atoms with Crippen LogP contribution in [0.2, 0.25) is 0 Å². The summed E-state index contributed by atoms with van der Waals surface area (Å²) in [6, 6.07) is 4.13. The molecule has 1 aliphatic carbocycles. The quantitative estimate of drug-likeness (QED) is 0.627. The highest BCUT2D eigenvalue weighted by Gasteiger charge is 2.47. The van der Waals surface area contributed by atoms with E-state index >= 15 is 0 Å². The lowest BCUT2D eigenvalue weighted by Gasteiger charge is -2.08. The highest BCUT2D eigenvalue weighted by Crippen LogP contribution is 2.51. The van der Waals surface area contributed by atoms with Gasteiger partial charge in [0.1, 0.15) is 11.6 Å². The van der Waals surface area contributed by atoms with E-state index in [1.165, 1.54) is 25.3 Å². The van der Waals surface area contributed by atoms with Crippen LogP contribution in [-0.4, -0.2) is 25.8 Å². The molecule has 0 radical (unpaired) electrons. The molecule has 0 aromatic heterocycles. The molecule has 0 spiro atoms. The summed E-state index contributed by atoms with van der Waals surface area (Å²) in [5.74, 6) is -1.19. The Hall–Kier alpha value is -2.11. The number of esters is 1. The lowest BCUT2D eigenvalue weighted by Crippen LogP contribution is -2.15. The topological polar surface area (TPSA) is 61.8 Å². The van der Waals surface area contributed by atoms with E-state index in [0.29, 0.717) is 17.7 Å². The highest BCUT2D eigenvalue weighted by molar-refractivity contribution is 5.86. The number of methoxy groups -OCH3 is 1. The fourth-order valence-corrected chi connectivity index (χ4v) is 2.10. The average molecular weight is 282 g/mol. The van der Waals surface area contributed by atoms with Gasteiger partial charge in [0.2, 0.25) is 0 Å². The van der Waals surface area contributed by atoms with Crippen LogP contribution >= 0.6 is 0 Å². The van der Waals surface area contributed by atoms with Crippen LogP contribution in [0.5, 0.6) is 5.75 Å². The van der Waals surface area contributed by atoms with Crippen LogP contribution in [0, 0.1) is 11.7 Å². The second-order valence-corrected chi connectivity index (χ2v) is 4.44. The van der Waals surface area contributed by atoms with Crippen LogP contribution in [0.3, 0.4) is 0 Å². The average Bonchev–Trinajstić information content (AvgIpc) is 3.19. The summed E-state index contributed by atoms with van der Waals surface area (Å²) in [5, 5.41) is 0. The minimum atomic E-state index is -1.01. The molecule has 1 aliphatic rings.